The molecule has 0 spiro atoms. The maximum Gasteiger partial charge on any atom is 0.0679 e. The number of rotatable bonds is 4. The van der Waals surface area contributed by atoms with Crippen molar-refractivity contribution in [3.63, 3.8) is 0 Å². The van der Waals surface area contributed by atoms with Gasteiger partial charge in [0.05, 0.1) is 18.4 Å². The Labute approximate surface area is 127 Å². The molecular formula is C17H26N2O2. The Balaban J connectivity index is 1.84. The number of aromatic nitrogens is 1. The second kappa shape index (κ2) is 6.42. The highest BCUT2D eigenvalue weighted by Crippen LogP contribution is 2.29. The monoisotopic (exact) mass is 290 g/mol. The van der Waals surface area contributed by atoms with Crippen LogP contribution < -0.4 is 0 Å². The van der Waals surface area contributed by atoms with Gasteiger partial charge in [0.15, 0.2) is 0 Å². The van der Waals surface area contributed by atoms with Crippen molar-refractivity contribution < 1.29 is 9.84 Å². The summed E-state index contributed by atoms with van der Waals surface area (Å²) in [6.07, 6.45) is 1.81. The van der Waals surface area contributed by atoms with Gasteiger partial charge in [0.25, 0.3) is 0 Å². The van der Waals surface area contributed by atoms with Crippen molar-refractivity contribution in [1.29, 1.82) is 0 Å². The molecule has 0 bridgehead atoms. The summed E-state index contributed by atoms with van der Waals surface area (Å²) in [5.41, 5.74) is 3.69. The molecule has 0 saturated carbocycles. The molecule has 2 atom stereocenters. The van der Waals surface area contributed by atoms with Gasteiger partial charge >= 0.3 is 0 Å². The van der Waals surface area contributed by atoms with Gasteiger partial charge in [0, 0.05) is 37.9 Å². The highest BCUT2D eigenvalue weighted by molar-refractivity contribution is 5.29. The summed E-state index contributed by atoms with van der Waals surface area (Å²) in [5, 5.41) is 9.72. The standard InChI is InChI=1S/C17H26N2O2/c1-12(2)16-4-3-15(13-6-8-21-11-13)17(18-16)10-19-7-5-14(20)9-19/h3-4,12-14,20H,5-11H2,1-2H3. The van der Waals surface area contributed by atoms with Crippen LogP contribution in [0.4, 0.5) is 0 Å². The van der Waals surface area contributed by atoms with E-state index in [2.05, 4.69) is 30.9 Å². The van der Waals surface area contributed by atoms with Crippen LogP contribution in [0.3, 0.4) is 0 Å². The fourth-order valence-corrected chi connectivity index (χ4v) is 3.30. The van der Waals surface area contributed by atoms with Crippen molar-refractivity contribution in [2.45, 2.75) is 51.2 Å². The lowest BCUT2D eigenvalue weighted by molar-refractivity contribution is 0.174. The smallest absolute Gasteiger partial charge is 0.0679 e. The molecule has 2 unspecified atom stereocenters. The Morgan fingerprint density at radius 3 is 2.86 bits per heavy atom. The van der Waals surface area contributed by atoms with Crippen LogP contribution in [-0.4, -0.2) is 47.4 Å². The van der Waals surface area contributed by atoms with Gasteiger partial charge in [-0.05, 0) is 30.4 Å². The molecule has 2 aliphatic rings. The highest BCUT2D eigenvalue weighted by Gasteiger charge is 2.25. The summed E-state index contributed by atoms with van der Waals surface area (Å²) in [5.74, 6) is 0.933. The van der Waals surface area contributed by atoms with Crippen molar-refractivity contribution in [1.82, 2.24) is 9.88 Å². The van der Waals surface area contributed by atoms with Gasteiger partial charge in [0.1, 0.15) is 0 Å². The first-order chi connectivity index (χ1) is 10.1. The van der Waals surface area contributed by atoms with E-state index in [0.29, 0.717) is 11.8 Å². The molecule has 4 heteroatoms. The molecule has 0 radical (unpaired) electrons. The number of pyridine rings is 1. The second-order valence-electron chi connectivity index (χ2n) is 6.66. The van der Waals surface area contributed by atoms with Crippen LogP contribution in [0.15, 0.2) is 12.1 Å². The largest absolute Gasteiger partial charge is 0.392 e. The van der Waals surface area contributed by atoms with E-state index in [1.807, 2.05) is 0 Å². The van der Waals surface area contributed by atoms with Gasteiger partial charge < -0.3 is 9.84 Å². The highest BCUT2D eigenvalue weighted by atomic mass is 16.5. The minimum Gasteiger partial charge on any atom is -0.392 e. The Morgan fingerprint density at radius 2 is 2.24 bits per heavy atom. The number of nitrogens with zero attached hydrogens (tertiary/aromatic N) is 2. The third-order valence-corrected chi connectivity index (χ3v) is 4.61. The summed E-state index contributed by atoms with van der Waals surface area (Å²) >= 11 is 0. The van der Waals surface area contributed by atoms with Gasteiger partial charge in [-0.3, -0.25) is 9.88 Å². The summed E-state index contributed by atoms with van der Waals surface area (Å²) in [7, 11) is 0. The summed E-state index contributed by atoms with van der Waals surface area (Å²) < 4.78 is 5.55. The fraction of sp³-hybridized carbons (Fsp3) is 0.706. The predicted octanol–water partition coefficient (Wildman–Crippen LogP) is 2.28. The zero-order chi connectivity index (χ0) is 14.8. The lowest BCUT2D eigenvalue weighted by atomic mass is 9.95. The quantitative estimate of drug-likeness (QED) is 0.924. The average molecular weight is 290 g/mol. The lowest BCUT2D eigenvalue weighted by Gasteiger charge is -2.20. The predicted molar refractivity (Wildman–Crippen MR) is 82.4 cm³/mol. The van der Waals surface area contributed by atoms with Gasteiger partial charge in [-0.25, -0.2) is 0 Å². The van der Waals surface area contributed by atoms with E-state index >= 15 is 0 Å². The van der Waals surface area contributed by atoms with Crippen LogP contribution in [-0.2, 0) is 11.3 Å². The Kier molecular flexibility index (Phi) is 4.57. The third kappa shape index (κ3) is 3.44. The van der Waals surface area contributed by atoms with Crippen molar-refractivity contribution in [2.24, 2.45) is 0 Å². The number of aliphatic hydroxyl groups excluding tert-OH is 1. The maximum atomic E-state index is 9.72. The molecule has 2 aliphatic heterocycles. The van der Waals surface area contributed by atoms with Crippen LogP contribution in [0.25, 0.3) is 0 Å². The van der Waals surface area contributed by atoms with Crippen molar-refractivity contribution >= 4 is 0 Å². The van der Waals surface area contributed by atoms with E-state index in [1.165, 1.54) is 11.3 Å². The Morgan fingerprint density at radius 1 is 1.38 bits per heavy atom. The van der Waals surface area contributed by atoms with E-state index in [-0.39, 0.29) is 6.10 Å². The summed E-state index contributed by atoms with van der Waals surface area (Å²) in [6, 6.07) is 4.42. The first-order valence-corrected chi connectivity index (χ1v) is 8.11. The van der Waals surface area contributed by atoms with Gasteiger partial charge in [-0.2, -0.15) is 0 Å². The fourth-order valence-electron chi connectivity index (χ4n) is 3.30. The van der Waals surface area contributed by atoms with Crippen LogP contribution >= 0.6 is 0 Å². The maximum absolute atomic E-state index is 9.72. The van der Waals surface area contributed by atoms with E-state index < -0.39 is 0 Å². The molecule has 1 N–H and O–H groups in total. The van der Waals surface area contributed by atoms with Gasteiger partial charge in [-0.1, -0.05) is 19.9 Å². The average Bonchev–Trinajstić information content (AvgIpc) is 3.10. The van der Waals surface area contributed by atoms with Crippen molar-refractivity contribution in [2.75, 3.05) is 26.3 Å². The molecule has 1 aromatic rings. The number of likely N-dealkylation sites (tertiary alicyclic amines) is 1. The molecule has 0 aromatic carbocycles. The molecule has 2 saturated heterocycles. The van der Waals surface area contributed by atoms with Crippen molar-refractivity contribution in [3.8, 4) is 0 Å². The SMILES string of the molecule is CC(C)c1ccc(C2CCOC2)c(CN2CCC(O)C2)n1. The van der Waals surface area contributed by atoms with Crippen LogP contribution in [0, 0.1) is 0 Å². The second-order valence-corrected chi connectivity index (χ2v) is 6.66. The zero-order valence-electron chi connectivity index (χ0n) is 13.1. The van der Waals surface area contributed by atoms with E-state index in [0.717, 1.165) is 51.4 Å². The van der Waals surface area contributed by atoms with Crippen LogP contribution in [0.2, 0.25) is 0 Å². The van der Waals surface area contributed by atoms with Crippen molar-refractivity contribution in [3.05, 3.63) is 29.1 Å². The number of hydrogen-bond acceptors (Lipinski definition) is 4. The number of ether oxygens (including phenoxy) is 1. The number of β-amino-alcohol motifs (C(OH)–C–C–N with tert-alkyl or cyclic N) is 1. The molecule has 0 aliphatic carbocycles. The number of aliphatic hydroxyl groups is 1. The zero-order valence-corrected chi connectivity index (χ0v) is 13.1. The molecule has 116 valence electrons. The first-order valence-electron chi connectivity index (χ1n) is 8.11. The van der Waals surface area contributed by atoms with E-state index in [9.17, 15) is 5.11 Å². The molecule has 3 heterocycles. The van der Waals surface area contributed by atoms with E-state index in [1.54, 1.807) is 0 Å². The number of hydrogen-bond donors (Lipinski definition) is 1. The minimum atomic E-state index is -0.170. The van der Waals surface area contributed by atoms with Gasteiger partial charge in [-0.15, -0.1) is 0 Å². The Hall–Kier alpha value is -0.970. The Bertz CT molecular complexity index is 484. The first kappa shape index (κ1) is 14.9. The molecular weight excluding hydrogens is 264 g/mol. The third-order valence-electron chi connectivity index (χ3n) is 4.61. The normalized spacial score (nSPS) is 26.9. The molecule has 1 aromatic heterocycles. The summed E-state index contributed by atoms with van der Waals surface area (Å²) in [4.78, 5) is 7.24. The van der Waals surface area contributed by atoms with Crippen LogP contribution in [0.1, 0.15) is 55.5 Å². The molecule has 2 fully saturated rings. The topological polar surface area (TPSA) is 45.6 Å². The summed E-state index contributed by atoms with van der Waals surface area (Å²) in [6.45, 7) is 8.64. The molecule has 21 heavy (non-hydrogen) atoms. The van der Waals surface area contributed by atoms with E-state index in [4.69, 9.17) is 9.72 Å². The molecule has 3 rings (SSSR count). The molecule has 0 amide bonds. The molecule has 4 nitrogen and oxygen atoms in total. The minimum absolute atomic E-state index is 0.170. The lowest BCUT2D eigenvalue weighted by Crippen LogP contribution is -2.23. The van der Waals surface area contributed by atoms with Crippen LogP contribution in [0.5, 0.6) is 0 Å². The van der Waals surface area contributed by atoms with Gasteiger partial charge in [0.2, 0.25) is 0 Å².